The largest absolute Gasteiger partial charge is 0.324 e. The Morgan fingerprint density at radius 2 is 1.92 bits per heavy atom. The first-order valence-electron chi connectivity index (χ1n) is 7.47. The number of carbonyl (C=O) groups excluding carboxylic acids is 2. The Kier molecular flexibility index (Phi) is 4.53. The van der Waals surface area contributed by atoms with E-state index >= 15 is 0 Å². The Morgan fingerprint density at radius 1 is 1.20 bits per heavy atom. The van der Waals surface area contributed by atoms with Crippen LogP contribution in [0.15, 0.2) is 42.5 Å². The van der Waals surface area contributed by atoms with Gasteiger partial charge in [-0.2, -0.15) is 0 Å². The van der Waals surface area contributed by atoms with Crippen LogP contribution < -0.4 is 5.32 Å². The lowest BCUT2D eigenvalue weighted by atomic mass is 10.1. The molecule has 0 saturated carbocycles. The first-order chi connectivity index (χ1) is 11.8. The van der Waals surface area contributed by atoms with Crippen molar-refractivity contribution in [1.82, 2.24) is 4.31 Å². The highest BCUT2D eigenvalue weighted by Gasteiger charge is 2.36. The predicted octanol–water partition coefficient (Wildman–Crippen LogP) is 2.57. The van der Waals surface area contributed by atoms with Gasteiger partial charge in [-0.3, -0.25) is 9.59 Å². The average Bonchev–Trinajstić information content (AvgIpc) is 2.55. The number of sulfonamides is 1. The van der Waals surface area contributed by atoms with Crippen molar-refractivity contribution in [2.75, 3.05) is 11.9 Å². The van der Waals surface area contributed by atoms with Crippen LogP contribution in [0, 0.1) is 6.92 Å². The van der Waals surface area contributed by atoms with E-state index in [9.17, 15) is 18.0 Å². The molecule has 0 radical (unpaired) electrons. The van der Waals surface area contributed by atoms with Gasteiger partial charge in [0.1, 0.15) is 6.54 Å². The number of amides is 2. The lowest BCUT2D eigenvalue weighted by Crippen LogP contribution is -2.45. The van der Waals surface area contributed by atoms with Gasteiger partial charge in [-0.05, 0) is 36.2 Å². The van der Waals surface area contributed by atoms with Crippen molar-refractivity contribution in [3.8, 4) is 0 Å². The van der Waals surface area contributed by atoms with E-state index in [0.717, 1.165) is 0 Å². The maximum atomic E-state index is 12.5. The van der Waals surface area contributed by atoms with Gasteiger partial charge in [-0.15, -0.1) is 0 Å². The summed E-state index contributed by atoms with van der Waals surface area (Å²) in [4.78, 5) is 24.8. The zero-order valence-corrected chi connectivity index (χ0v) is 14.9. The molecule has 1 aliphatic rings. The number of benzene rings is 2. The molecule has 0 fully saturated rings. The number of hydrogen-bond donors (Lipinski definition) is 1. The lowest BCUT2D eigenvalue weighted by molar-refractivity contribution is -0.116. The van der Waals surface area contributed by atoms with Crippen molar-refractivity contribution in [2.45, 2.75) is 12.7 Å². The molecule has 1 N–H and O–H groups in total. The van der Waals surface area contributed by atoms with Gasteiger partial charge in [0.05, 0.1) is 5.75 Å². The molecule has 130 valence electrons. The monoisotopic (exact) mass is 378 g/mol. The molecule has 0 unspecified atom stereocenters. The normalized spacial score (nSPS) is 15.6. The molecule has 25 heavy (non-hydrogen) atoms. The zero-order chi connectivity index (χ0) is 18.2. The van der Waals surface area contributed by atoms with Crippen LogP contribution >= 0.6 is 11.6 Å². The van der Waals surface area contributed by atoms with E-state index in [2.05, 4.69) is 5.32 Å². The van der Waals surface area contributed by atoms with E-state index in [1.54, 1.807) is 49.4 Å². The standard InChI is InChI=1S/C17H15ClN2O4S/c1-11-14(18)7-4-8-15(11)19-16(21)9-20-17(22)13-6-3-2-5-12(13)10-25(20,23)24/h2-8H,9-10H2,1H3,(H,19,21). The molecule has 0 spiro atoms. The molecule has 8 heteroatoms. The van der Waals surface area contributed by atoms with Gasteiger partial charge < -0.3 is 5.32 Å². The van der Waals surface area contributed by atoms with Crippen molar-refractivity contribution in [3.05, 3.63) is 64.2 Å². The van der Waals surface area contributed by atoms with Gasteiger partial charge in [0.15, 0.2) is 0 Å². The Hall–Kier alpha value is -2.38. The molecule has 2 aromatic rings. The molecular formula is C17H15ClN2O4S. The summed E-state index contributed by atoms with van der Waals surface area (Å²) < 4.78 is 25.4. The SMILES string of the molecule is Cc1c(Cl)cccc1NC(=O)CN1C(=O)c2ccccc2CS1(=O)=O. The van der Waals surface area contributed by atoms with Crippen LogP contribution in [-0.2, 0) is 20.6 Å². The summed E-state index contributed by atoms with van der Waals surface area (Å²) in [7, 11) is -3.89. The van der Waals surface area contributed by atoms with Crippen molar-refractivity contribution < 1.29 is 18.0 Å². The van der Waals surface area contributed by atoms with E-state index in [1.807, 2.05) is 0 Å². The Labute approximate surface area is 150 Å². The summed E-state index contributed by atoms with van der Waals surface area (Å²) in [5, 5.41) is 3.08. The number of hydrogen-bond acceptors (Lipinski definition) is 4. The first-order valence-corrected chi connectivity index (χ1v) is 9.46. The lowest BCUT2D eigenvalue weighted by Gasteiger charge is -2.27. The first kappa shape index (κ1) is 17.4. The second-order valence-corrected chi connectivity index (χ2v) is 7.99. The van der Waals surface area contributed by atoms with Crippen LogP contribution in [0.25, 0.3) is 0 Å². The van der Waals surface area contributed by atoms with E-state index in [1.165, 1.54) is 0 Å². The highest BCUT2D eigenvalue weighted by molar-refractivity contribution is 7.89. The van der Waals surface area contributed by atoms with Crippen LogP contribution in [0.4, 0.5) is 5.69 Å². The maximum Gasteiger partial charge on any atom is 0.268 e. The summed E-state index contributed by atoms with van der Waals surface area (Å²) in [5.41, 5.74) is 1.87. The van der Waals surface area contributed by atoms with Crippen LogP contribution in [0.2, 0.25) is 5.02 Å². The Bertz CT molecular complexity index is 972. The third kappa shape index (κ3) is 3.38. The number of carbonyl (C=O) groups is 2. The minimum atomic E-state index is -3.89. The number of nitrogens with one attached hydrogen (secondary N) is 1. The number of rotatable bonds is 3. The fourth-order valence-corrected chi connectivity index (χ4v) is 4.26. The fourth-order valence-electron chi connectivity index (χ4n) is 2.62. The number of fused-ring (bicyclic) bond motifs is 1. The van der Waals surface area contributed by atoms with Gasteiger partial charge in [-0.1, -0.05) is 35.9 Å². The summed E-state index contributed by atoms with van der Waals surface area (Å²) in [6.45, 7) is 1.15. The minimum Gasteiger partial charge on any atom is -0.324 e. The molecule has 0 atom stereocenters. The molecule has 1 heterocycles. The third-order valence-corrected chi connectivity index (χ3v) is 6.03. The molecular weight excluding hydrogens is 364 g/mol. The molecule has 0 aromatic heterocycles. The second kappa shape index (κ2) is 6.50. The zero-order valence-electron chi connectivity index (χ0n) is 13.3. The van der Waals surface area contributed by atoms with Gasteiger partial charge in [0, 0.05) is 16.3 Å². The molecule has 2 aromatic carbocycles. The van der Waals surface area contributed by atoms with Gasteiger partial charge in [0.2, 0.25) is 15.9 Å². The molecule has 6 nitrogen and oxygen atoms in total. The number of anilines is 1. The van der Waals surface area contributed by atoms with Crippen molar-refractivity contribution >= 4 is 39.1 Å². The van der Waals surface area contributed by atoms with E-state index in [0.29, 0.717) is 31.7 Å². The van der Waals surface area contributed by atoms with Crippen molar-refractivity contribution in [3.63, 3.8) is 0 Å². The van der Waals surface area contributed by atoms with Gasteiger partial charge >= 0.3 is 0 Å². The van der Waals surface area contributed by atoms with Crippen molar-refractivity contribution in [1.29, 1.82) is 0 Å². The predicted molar refractivity (Wildman–Crippen MR) is 94.9 cm³/mol. The van der Waals surface area contributed by atoms with E-state index in [-0.39, 0.29) is 5.75 Å². The third-order valence-electron chi connectivity index (χ3n) is 3.98. The smallest absolute Gasteiger partial charge is 0.268 e. The molecule has 0 saturated heterocycles. The van der Waals surface area contributed by atoms with Crippen LogP contribution in [0.3, 0.4) is 0 Å². The minimum absolute atomic E-state index is 0.295. The molecule has 0 bridgehead atoms. The topological polar surface area (TPSA) is 83.6 Å². The highest BCUT2D eigenvalue weighted by Crippen LogP contribution is 2.25. The van der Waals surface area contributed by atoms with Crippen LogP contribution in [0.5, 0.6) is 0 Å². The number of nitrogens with zero attached hydrogens (tertiary/aromatic N) is 1. The quantitative estimate of drug-likeness (QED) is 0.889. The maximum absolute atomic E-state index is 12.5. The van der Waals surface area contributed by atoms with E-state index < -0.39 is 28.4 Å². The second-order valence-electron chi connectivity index (χ2n) is 5.69. The summed E-state index contributed by atoms with van der Waals surface area (Å²) in [6, 6.07) is 11.5. The Morgan fingerprint density at radius 3 is 2.68 bits per heavy atom. The molecule has 0 aliphatic carbocycles. The van der Waals surface area contributed by atoms with Gasteiger partial charge in [-0.25, -0.2) is 12.7 Å². The van der Waals surface area contributed by atoms with Crippen LogP contribution in [-0.4, -0.2) is 31.1 Å². The fraction of sp³-hybridized carbons (Fsp3) is 0.176. The molecule has 3 rings (SSSR count). The molecule has 2 amide bonds. The number of halogens is 1. The van der Waals surface area contributed by atoms with Gasteiger partial charge in [0.25, 0.3) is 5.91 Å². The summed E-state index contributed by atoms with van der Waals surface area (Å²) in [6.07, 6.45) is 0. The van der Waals surface area contributed by atoms with E-state index in [4.69, 9.17) is 11.6 Å². The highest BCUT2D eigenvalue weighted by atomic mass is 35.5. The summed E-state index contributed by atoms with van der Waals surface area (Å²) in [5.74, 6) is -1.61. The Balaban J connectivity index is 1.83. The van der Waals surface area contributed by atoms with Crippen LogP contribution in [0.1, 0.15) is 21.5 Å². The summed E-state index contributed by atoms with van der Waals surface area (Å²) >= 11 is 6.00. The van der Waals surface area contributed by atoms with Crippen molar-refractivity contribution in [2.24, 2.45) is 0 Å². The average molecular weight is 379 g/mol. The molecule has 1 aliphatic heterocycles.